The van der Waals surface area contributed by atoms with Crippen LogP contribution in [0.1, 0.15) is 22.3 Å². The van der Waals surface area contributed by atoms with Gasteiger partial charge in [0.25, 0.3) is 0 Å². The summed E-state index contributed by atoms with van der Waals surface area (Å²) in [6.45, 7) is 4.07. The van der Waals surface area contributed by atoms with E-state index in [1.54, 1.807) is 12.4 Å². The van der Waals surface area contributed by atoms with Gasteiger partial charge in [-0.1, -0.05) is 59.7 Å². The van der Waals surface area contributed by atoms with E-state index in [4.69, 9.17) is 5.41 Å². The van der Waals surface area contributed by atoms with E-state index in [2.05, 4.69) is 9.98 Å². The molecule has 0 aliphatic rings. The van der Waals surface area contributed by atoms with Crippen LogP contribution in [0.2, 0.25) is 0 Å². The molecule has 20 heavy (non-hydrogen) atoms. The van der Waals surface area contributed by atoms with E-state index in [-0.39, 0.29) is 5.96 Å². The summed E-state index contributed by atoms with van der Waals surface area (Å²) in [5.41, 5.74) is 4.33. The van der Waals surface area contributed by atoms with Gasteiger partial charge in [0, 0.05) is 12.4 Å². The fourth-order valence-corrected chi connectivity index (χ4v) is 1.61. The van der Waals surface area contributed by atoms with Gasteiger partial charge in [0.2, 0.25) is 5.96 Å². The number of nitrogens with one attached hydrogen (secondary N) is 1. The molecular formula is C17H17N3. The van der Waals surface area contributed by atoms with Crippen molar-refractivity contribution in [2.75, 3.05) is 0 Å². The quantitative estimate of drug-likeness (QED) is 0.633. The highest BCUT2D eigenvalue weighted by atomic mass is 15.0. The number of nitrogens with zero attached hydrogens (tertiary/aromatic N) is 2. The van der Waals surface area contributed by atoms with Gasteiger partial charge in [0.1, 0.15) is 0 Å². The van der Waals surface area contributed by atoms with Crippen LogP contribution in [0.15, 0.2) is 58.5 Å². The molecule has 2 aromatic carbocycles. The molecule has 2 rings (SSSR count). The largest absolute Gasteiger partial charge is 0.266 e. The number of benzene rings is 2. The molecule has 0 bridgehead atoms. The average Bonchev–Trinajstić information content (AvgIpc) is 2.46. The molecule has 100 valence electrons. The molecule has 0 aliphatic heterocycles. The summed E-state index contributed by atoms with van der Waals surface area (Å²) in [6, 6.07) is 15.9. The standard InChI is InChI=1S/C17H17N3/c1-13-3-7-15(8-4-13)11-19-17(18)20-12-16-9-5-14(2)6-10-16/h3-12,18H,1-2H3/b19-11+,20-12+. The number of guanidine groups is 1. The monoisotopic (exact) mass is 263 g/mol. The second-order valence-corrected chi connectivity index (χ2v) is 4.66. The molecule has 0 heterocycles. The number of hydrogen-bond donors (Lipinski definition) is 1. The molecule has 3 heteroatoms. The number of aliphatic imine (C=N–C) groups is 2. The first-order valence-electron chi connectivity index (χ1n) is 6.43. The smallest absolute Gasteiger partial charge is 0.241 e. The Bertz CT molecular complexity index is 577. The van der Waals surface area contributed by atoms with Crippen LogP contribution in [-0.4, -0.2) is 18.4 Å². The molecule has 0 saturated heterocycles. The minimum Gasteiger partial charge on any atom is -0.266 e. The third-order valence-electron chi connectivity index (χ3n) is 2.83. The lowest BCUT2D eigenvalue weighted by Gasteiger charge is -1.95. The van der Waals surface area contributed by atoms with Crippen molar-refractivity contribution >= 4 is 18.4 Å². The molecule has 0 unspecified atom stereocenters. The highest BCUT2D eigenvalue weighted by molar-refractivity contribution is 5.97. The lowest BCUT2D eigenvalue weighted by atomic mass is 10.2. The van der Waals surface area contributed by atoms with Gasteiger partial charge < -0.3 is 0 Å². The molecule has 0 aromatic heterocycles. The van der Waals surface area contributed by atoms with Crippen molar-refractivity contribution < 1.29 is 0 Å². The molecule has 0 amide bonds. The molecule has 0 aliphatic carbocycles. The van der Waals surface area contributed by atoms with E-state index in [0.29, 0.717) is 0 Å². The van der Waals surface area contributed by atoms with Gasteiger partial charge in [0.15, 0.2) is 0 Å². The topological polar surface area (TPSA) is 48.6 Å². The van der Waals surface area contributed by atoms with Crippen LogP contribution in [0, 0.1) is 19.3 Å². The Hall–Kier alpha value is -2.55. The van der Waals surface area contributed by atoms with E-state index in [1.807, 2.05) is 62.4 Å². The third-order valence-corrected chi connectivity index (χ3v) is 2.83. The van der Waals surface area contributed by atoms with Crippen LogP contribution in [0.25, 0.3) is 0 Å². The lowest BCUT2D eigenvalue weighted by Crippen LogP contribution is -1.91. The van der Waals surface area contributed by atoms with Gasteiger partial charge in [-0.05, 0) is 25.0 Å². The van der Waals surface area contributed by atoms with Crippen molar-refractivity contribution in [1.82, 2.24) is 0 Å². The molecule has 1 N–H and O–H groups in total. The minimum atomic E-state index is -0.00819. The average molecular weight is 263 g/mol. The normalized spacial score (nSPS) is 11.3. The Morgan fingerprint density at radius 3 is 1.45 bits per heavy atom. The van der Waals surface area contributed by atoms with Crippen LogP contribution in [-0.2, 0) is 0 Å². The SMILES string of the molecule is Cc1ccc(/C=N/C(=N)/N=C/c2ccc(C)cc2)cc1. The highest BCUT2D eigenvalue weighted by Crippen LogP contribution is 2.01. The van der Waals surface area contributed by atoms with E-state index in [1.165, 1.54) is 11.1 Å². The number of rotatable bonds is 2. The minimum absolute atomic E-state index is 0.00819. The lowest BCUT2D eigenvalue weighted by molar-refractivity contribution is 1.38. The van der Waals surface area contributed by atoms with Crippen molar-refractivity contribution in [3.05, 3.63) is 70.8 Å². The zero-order chi connectivity index (χ0) is 14.4. The summed E-state index contributed by atoms with van der Waals surface area (Å²) in [5.74, 6) is -0.00819. The van der Waals surface area contributed by atoms with Gasteiger partial charge in [0.05, 0.1) is 0 Å². The fraction of sp³-hybridized carbons (Fsp3) is 0.118. The molecule has 0 saturated carbocycles. The Morgan fingerprint density at radius 2 is 1.10 bits per heavy atom. The molecule has 2 aromatic rings. The second-order valence-electron chi connectivity index (χ2n) is 4.66. The van der Waals surface area contributed by atoms with Crippen molar-refractivity contribution in [3.8, 4) is 0 Å². The summed E-state index contributed by atoms with van der Waals surface area (Å²) in [4.78, 5) is 8.03. The van der Waals surface area contributed by atoms with Crippen molar-refractivity contribution in [2.24, 2.45) is 9.98 Å². The maximum atomic E-state index is 7.68. The summed E-state index contributed by atoms with van der Waals surface area (Å²) >= 11 is 0. The van der Waals surface area contributed by atoms with Crippen molar-refractivity contribution in [1.29, 1.82) is 5.41 Å². The summed E-state index contributed by atoms with van der Waals surface area (Å²) in [7, 11) is 0. The maximum absolute atomic E-state index is 7.68. The first kappa shape index (κ1) is 13.9. The fourth-order valence-electron chi connectivity index (χ4n) is 1.61. The second kappa shape index (κ2) is 6.57. The predicted molar refractivity (Wildman–Crippen MR) is 85.3 cm³/mol. The van der Waals surface area contributed by atoms with E-state index in [0.717, 1.165) is 11.1 Å². The Kier molecular flexibility index (Phi) is 4.56. The van der Waals surface area contributed by atoms with Crippen LogP contribution in [0.3, 0.4) is 0 Å². The molecule has 3 nitrogen and oxygen atoms in total. The molecule has 0 spiro atoms. The van der Waals surface area contributed by atoms with E-state index in [9.17, 15) is 0 Å². The predicted octanol–water partition coefficient (Wildman–Crippen LogP) is 3.78. The summed E-state index contributed by atoms with van der Waals surface area (Å²) in [5, 5.41) is 7.68. The molecule has 0 atom stereocenters. The highest BCUT2D eigenvalue weighted by Gasteiger charge is 1.91. The first-order valence-corrected chi connectivity index (χ1v) is 6.43. The molecule has 0 fully saturated rings. The van der Waals surface area contributed by atoms with Crippen molar-refractivity contribution in [3.63, 3.8) is 0 Å². The Labute approximate surface area is 119 Å². The zero-order valence-electron chi connectivity index (χ0n) is 11.7. The van der Waals surface area contributed by atoms with Gasteiger partial charge >= 0.3 is 0 Å². The van der Waals surface area contributed by atoms with Gasteiger partial charge in [-0.25, -0.2) is 9.98 Å². The molecular weight excluding hydrogens is 246 g/mol. The van der Waals surface area contributed by atoms with E-state index >= 15 is 0 Å². The zero-order valence-corrected chi connectivity index (χ0v) is 11.7. The van der Waals surface area contributed by atoms with Crippen LogP contribution >= 0.6 is 0 Å². The molecule has 0 radical (unpaired) electrons. The van der Waals surface area contributed by atoms with Gasteiger partial charge in [-0.3, -0.25) is 5.41 Å². The van der Waals surface area contributed by atoms with E-state index < -0.39 is 0 Å². The summed E-state index contributed by atoms with van der Waals surface area (Å²) < 4.78 is 0. The van der Waals surface area contributed by atoms with Crippen molar-refractivity contribution in [2.45, 2.75) is 13.8 Å². The van der Waals surface area contributed by atoms with Crippen LogP contribution in [0.4, 0.5) is 0 Å². The Balaban J connectivity index is 1.98. The van der Waals surface area contributed by atoms with Crippen LogP contribution < -0.4 is 0 Å². The van der Waals surface area contributed by atoms with Gasteiger partial charge in [-0.2, -0.15) is 0 Å². The third kappa shape index (κ3) is 4.28. The first-order chi connectivity index (χ1) is 9.63. The maximum Gasteiger partial charge on any atom is 0.241 e. The summed E-state index contributed by atoms with van der Waals surface area (Å²) in [6.07, 6.45) is 3.29. The number of hydrogen-bond acceptors (Lipinski definition) is 1. The van der Waals surface area contributed by atoms with Crippen LogP contribution in [0.5, 0.6) is 0 Å². The van der Waals surface area contributed by atoms with Gasteiger partial charge in [-0.15, -0.1) is 0 Å². The number of aryl methyl sites for hydroxylation is 2. The Morgan fingerprint density at radius 1 is 0.750 bits per heavy atom.